The third kappa shape index (κ3) is 6.59. The van der Waals surface area contributed by atoms with Crippen LogP contribution in [0.2, 0.25) is 0 Å². The molecule has 0 spiro atoms. The first-order valence-corrected chi connectivity index (χ1v) is 12.0. The number of nitrogens with zero attached hydrogens (tertiary/aromatic N) is 1. The summed E-state index contributed by atoms with van der Waals surface area (Å²) in [5, 5.41) is 25.6. The minimum Gasteiger partial charge on any atom is -0.508 e. The number of nitrogens with one attached hydrogen (secondary N) is 2. The average molecular weight is 476 g/mol. The zero-order valence-corrected chi connectivity index (χ0v) is 20.0. The Kier molecular flexibility index (Phi) is 8.48. The molecule has 1 atom stereocenters. The molecule has 0 aliphatic heterocycles. The van der Waals surface area contributed by atoms with E-state index in [4.69, 9.17) is 0 Å². The number of hydrogen-bond acceptors (Lipinski definition) is 4. The van der Waals surface area contributed by atoms with Crippen LogP contribution in [0.15, 0.2) is 109 Å². The van der Waals surface area contributed by atoms with E-state index < -0.39 is 6.04 Å². The fraction of sp³-hybridized carbons (Fsp3) is 0.161. The number of rotatable bonds is 10. The molecule has 0 aliphatic rings. The van der Waals surface area contributed by atoms with Gasteiger partial charge in [-0.1, -0.05) is 91.0 Å². The van der Waals surface area contributed by atoms with Gasteiger partial charge in [-0.25, -0.2) is 0 Å². The van der Waals surface area contributed by atoms with Gasteiger partial charge in [-0.3, -0.25) is 4.79 Å². The molecule has 3 N–H and O–H groups in total. The van der Waals surface area contributed by atoms with Gasteiger partial charge in [0.15, 0.2) is 0 Å². The number of amides is 1. The van der Waals surface area contributed by atoms with Crippen molar-refractivity contribution in [2.24, 2.45) is 0 Å². The monoisotopic (exact) mass is 475 g/mol. The first-order chi connectivity index (χ1) is 17.6. The van der Waals surface area contributed by atoms with Crippen molar-refractivity contribution in [3.63, 3.8) is 0 Å². The number of hydrogen-bond donors (Lipinski definition) is 3. The molecule has 4 rings (SSSR count). The fourth-order valence-corrected chi connectivity index (χ4v) is 4.27. The van der Waals surface area contributed by atoms with E-state index in [1.807, 2.05) is 54.6 Å². The van der Waals surface area contributed by atoms with E-state index in [1.165, 1.54) is 0 Å². The maximum absolute atomic E-state index is 13.4. The Balaban J connectivity index is 1.55. The van der Waals surface area contributed by atoms with Crippen LogP contribution in [0.25, 0.3) is 0 Å². The molecule has 1 unspecified atom stereocenters. The molecule has 1 amide bonds. The van der Waals surface area contributed by atoms with Gasteiger partial charge >= 0.3 is 0 Å². The van der Waals surface area contributed by atoms with Crippen LogP contribution < -0.4 is 10.6 Å². The second-order valence-corrected chi connectivity index (χ2v) is 8.69. The van der Waals surface area contributed by atoms with Crippen LogP contribution in [0.5, 0.6) is 5.75 Å². The third-order valence-electron chi connectivity index (χ3n) is 6.25. The van der Waals surface area contributed by atoms with E-state index in [0.717, 1.165) is 22.3 Å². The molecule has 0 radical (unpaired) electrons. The van der Waals surface area contributed by atoms with E-state index in [1.54, 1.807) is 30.3 Å². The summed E-state index contributed by atoms with van der Waals surface area (Å²) in [4.78, 5) is 13.4. The molecule has 0 aliphatic carbocycles. The van der Waals surface area contributed by atoms with Crippen LogP contribution in [-0.4, -0.2) is 23.6 Å². The molecule has 4 aromatic rings. The maximum atomic E-state index is 13.4. The molecule has 0 bridgehead atoms. The predicted octanol–water partition coefficient (Wildman–Crippen LogP) is 4.91. The molecular weight excluding hydrogens is 446 g/mol. The molecule has 5 nitrogen and oxygen atoms in total. The average Bonchev–Trinajstić information content (AvgIpc) is 2.93. The number of aromatic hydroxyl groups is 1. The molecule has 0 heterocycles. The first kappa shape index (κ1) is 24.7. The van der Waals surface area contributed by atoms with Gasteiger partial charge in [0.25, 0.3) is 0 Å². The summed E-state index contributed by atoms with van der Waals surface area (Å²) in [6, 6.07) is 36.4. The molecule has 5 heteroatoms. The normalized spacial score (nSPS) is 11.6. The summed E-state index contributed by atoms with van der Waals surface area (Å²) in [6.45, 7) is 0.901. The van der Waals surface area contributed by atoms with Crippen LogP contribution in [-0.2, 0) is 17.8 Å². The summed E-state index contributed by atoms with van der Waals surface area (Å²) in [5.41, 5.74) is 4.61. The number of carbonyl (C=O) groups excluding carboxylic acids is 1. The van der Waals surface area contributed by atoms with Crippen molar-refractivity contribution < 1.29 is 9.90 Å². The van der Waals surface area contributed by atoms with Gasteiger partial charge in [-0.15, -0.1) is 0 Å². The fourth-order valence-electron chi connectivity index (χ4n) is 4.27. The number of phenols is 1. The van der Waals surface area contributed by atoms with Crippen LogP contribution in [0.1, 0.15) is 33.7 Å². The van der Waals surface area contributed by atoms with Crippen LogP contribution >= 0.6 is 0 Å². The van der Waals surface area contributed by atoms with Crippen LogP contribution in [0, 0.1) is 11.3 Å². The Bertz CT molecular complexity index is 1260. The topological polar surface area (TPSA) is 85.2 Å². The lowest BCUT2D eigenvalue weighted by atomic mass is 9.90. The van der Waals surface area contributed by atoms with Gasteiger partial charge in [0.1, 0.15) is 5.75 Å². The lowest BCUT2D eigenvalue weighted by Gasteiger charge is -2.24. The summed E-state index contributed by atoms with van der Waals surface area (Å²) in [6.07, 6.45) is 0.390. The minimum atomic E-state index is -0.536. The molecule has 0 aromatic heterocycles. The van der Waals surface area contributed by atoms with Crippen molar-refractivity contribution >= 4 is 5.91 Å². The second kappa shape index (κ2) is 12.3. The summed E-state index contributed by atoms with van der Waals surface area (Å²) < 4.78 is 0. The third-order valence-corrected chi connectivity index (χ3v) is 6.25. The lowest BCUT2D eigenvalue weighted by Crippen LogP contribution is -2.46. The predicted molar refractivity (Wildman–Crippen MR) is 141 cm³/mol. The smallest absolute Gasteiger partial charge is 0.237 e. The van der Waals surface area contributed by atoms with E-state index in [-0.39, 0.29) is 17.6 Å². The standard InChI is InChI=1S/C31H29N3O2/c32-20-27-14-8-7-13-26(27)19-30(31(36)34-21-23-15-17-28(35)18-16-23)33-22-29(24-9-3-1-4-10-24)25-11-5-2-6-12-25/h1-18,29-30,33,35H,19,21-22H2,(H,34,36). The quantitative estimate of drug-likeness (QED) is 0.304. The maximum Gasteiger partial charge on any atom is 0.237 e. The van der Waals surface area contributed by atoms with E-state index in [2.05, 4.69) is 41.0 Å². The highest BCUT2D eigenvalue weighted by Crippen LogP contribution is 2.24. The molecule has 36 heavy (non-hydrogen) atoms. The van der Waals surface area contributed by atoms with Crippen molar-refractivity contribution in [3.8, 4) is 11.8 Å². The molecule has 0 saturated heterocycles. The van der Waals surface area contributed by atoms with Gasteiger partial charge in [0.05, 0.1) is 17.7 Å². The van der Waals surface area contributed by atoms with E-state index in [0.29, 0.717) is 25.1 Å². The van der Waals surface area contributed by atoms with Gasteiger partial charge < -0.3 is 15.7 Å². The Hall–Kier alpha value is -4.40. The number of carbonyl (C=O) groups is 1. The van der Waals surface area contributed by atoms with Gasteiger partial charge in [0, 0.05) is 19.0 Å². The number of benzene rings is 4. The summed E-state index contributed by atoms with van der Waals surface area (Å²) in [7, 11) is 0. The second-order valence-electron chi connectivity index (χ2n) is 8.69. The Morgan fingerprint density at radius 1 is 0.806 bits per heavy atom. The van der Waals surface area contributed by atoms with Gasteiger partial charge in [-0.05, 0) is 46.9 Å². The van der Waals surface area contributed by atoms with E-state index >= 15 is 0 Å². The van der Waals surface area contributed by atoms with Crippen molar-refractivity contribution in [2.75, 3.05) is 6.54 Å². The van der Waals surface area contributed by atoms with Crippen molar-refractivity contribution in [2.45, 2.75) is 24.9 Å². The van der Waals surface area contributed by atoms with Gasteiger partial charge in [-0.2, -0.15) is 5.26 Å². The zero-order chi connectivity index (χ0) is 25.2. The molecule has 4 aromatic carbocycles. The van der Waals surface area contributed by atoms with Crippen molar-refractivity contribution in [1.82, 2.24) is 10.6 Å². The molecular formula is C31H29N3O2. The highest BCUT2D eigenvalue weighted by molar-refractivity contribution is 5.82. The number of phenolic OH excluding ortho intramolecular Hbond substituents is 1. The molecule has 180 valence electrons. The Morgan fingerprint density at radius 2 is 1.39 bits per heavy atom. The Morgan fingerprint density at radius 3 is 2.00 bits per heavy atom. The Labute approximate surface area is 212 Å². The zero-order valence-electron chi connectivity index (χ0n) is 20.0. The minimum absolute atomic E-state index is 0.0611. The van der Waals surface area contributed by atoms with Crippen LogP contribution in [0.4, 0.5) is 0 Å². The van der Waals surface area contributed by atoms with E-state index in [9.17, 15) is 15.2 Å². The number of nitriles is 1. The summed E-state index contributed by atoms with van der Waals surface area (Å²) in [5.74, 6) is 0.104. The molecule has 0 fully saturated rings. The van der Waals surface area contributed by atoms with Crippen molar-refractivity contribution in [3.05, 3.63) is 137 Å². The summed E-state index contributed by atoms with van der Waals surface area (Å²) >= 11 is 0. The first-order valence-electron chi connectivity index (χ1n) is 12.0. The highest BCUT2D eigenvalue weighted by atomic mass is 16.3. The lowest BCUT2D eigenvalue weighted by molar-refractivity contribution is -0.123. The largest absolute Gasteiger partial charge is 0.508 e. The highest BCUT2D eigenvalue weighted by Gasteiger charge is 2.23. The van der Waals surface area contributed by atoms with Crippen molar-refractivity contribution in [1.29, 1.82) is 5.26 Å². The SMILES string of the molecule is N#Cc1ccccc1CC(NCC(c1ccccc1)c1ccccc1)C(=O)NCc1ccc(O)cc1. The van der Waals surface area contributed by atoms with Gasteiger partial charge in [0.2, 0.25) is 5.91 Å². The molecule has 0 saturated carbocycles. The van der Waals surface area contributed by atoms with Crippen LogP contribution in [0.3, 0.4) is 0 Å².